The Morgan fingerprint density at radius 1 is 1.12 bits per heavy atom. The molecule has 126 valence electrons. The van der Waals surface area contributed by atoms with Crippen molar-refractivity contribution in [2.45, 2.75) is 4.90 Å². The summed E-state index contributed by atoms with van der Waals surface area (Å²) < 4.78 is 42.9. The van der Waals surface area contributed by atoms with Gasteiger partial charge in [-0.2, -0.15) is 4.37 Å². The van der Waals surface area contributed by atoms with Gasteiger partial charge in [0, 0.05) is 24.4 Å². The van der Waals surface area contributed by atoms with Crippen LogP contribution in [0.3, 0.4) is 0 Å². The smallest absolute Gasteiger partial charge is 0.261 e. The molecule has 0 saturated carbocycles. The second-order valence-electron chi connectivity index (χ2n) is 5.00. The fourth-order valence-corrected chi connectivity index (χ4v) is 3.78. The molecule has 0 aliphatic carbocycles. The number of sulfonamides is 1. The number of anilines is 1. The Kier molecular flexibility index (Phi) is 4.98. The van der Waals surface area contributed by atoms with Gasteiger partial charge in [0.2, 0.25) is 0 Å². The van der Waals surface area contributed by atoms with Gasteiger partial charge in [0.15, 0.2) is 0 Å². The molecule has 3 aromatic rings. The Morgan fingerprint density at radius 3 is 2.67 bits per heavy atom. The lowest BCUT2D eigenvalue weighted by Gasteiger charge is -2.09. The summed E-state index contributed by atoms with van der Waals surface area (Å²) in [5.74, 6) is 0.594. The van der Waals surface area contributed by atoms with Crippen LogP contribution in [0.15, 0.2) is 53.6 Å². The first-order chi connectivity index (χ1) is 11.6. The summed E-state index contributed by atoms with van der Waals surface area (Å²) in [5, 5.41) is 0.905. The van der Waals surface area contributed by atoms with Crippen LogP contribution in [-0.2, 0) is 14.8 Å². The maximum absolute atomic E-state index is 12.5. The molecule has 8 heteroatoms. The van der Waals surface area contributed by atoms with Crippen molar-refractivity contribution in [3.05, 3.63) is 48.7 Å². The van der Waals surface area contributed by atoms with Crippen LogP contribution in [0.25, 0.3) is 10.1 Å². The molecular weight excluding hydrogens is 348 g/mol. The van der Waals surface area contributed by atoms with E-state index < -0.39 is 10.0 Å². The molecule has 6 nitrogen and oxygen atoms in total. The lowest BCUT2D eigenvalue weighted by atomic mass is 10.2. The predicted octanol–water partition coefficient (Wildman–Crippen LogP) is 3.12. The van der Waals surface area contributed by atoms with Crippen molar-refractivity contribution in [2.24, 2.45) is 0 Å². The molecule has 0 spiro atoms. The Labute approximate surface area is 144 Å². The molecule has 1 N–H and O–H groups in total. The topological polar surface area (TPSA) is 77.5 Å². The van der Waals surface area contributed by atoms with Gasteiger partial charge in [0.05, 0.1) is 16.2 Å². The van der Waals surface area contributed by atoms with Crippen LogP contribution in [-0.4, -0.2) is 33.1 Å². The molecule has 3 rings (SSSR count). The molecule has 0 atom stereocenters. The van der Waals surface area contributed by atoms with Gasteiger partial charge in [-0.05, 0) is 54.0 Å². The van der Waals surface area contributed by atoms with Crippen LogP contribution >= 0.6 is 11.5 Å². The van der Waals surface area contributed by atoms with Gasteiger partial charge in [0.1, 0.15) is 12.4 Å². The summed E-state index contributed by atoms with van der Waals surface area (Å²) in [5.41, 5.74) is 0.503. The Balaban J connectivity index is 1.74. The number of methoxy groups -OCH3 is 1. The van der Waals surface area contributed by atoms with Crippen molar-refractivity contribution in [1.82, 2.24) is 4.37 Å². The van der Waals surface area contributed by atoms with Crippen molar-refractivity contribution in [3.8, 4) is 5.75 Å². The van der Waals surface area contributed by atoms with Crippen molar-refractivity contribution in [3.63, 3.8) is 0 Å². The first-order valence-corrected chi connectivity index (χ1v) is 9.43. The maximum atomic E-state index is 12.5. The molecule has 1 aromatic heterocycles. The minimum Gasteiger partial charge on any atom is -0.491 e. The highest BCUT2D eigenvalue weighted by Crippen LogP contribution is 2.24. The number of aromatic nitrogens is 1. The zero-order valence-electron chi connectivity index (χ0n) is 12.9. The van der Waals surface area contributed by atoms with Gasteiger partial charge in [0.25, 0.3) is 10.0 Å². The van der Waals surface area contributed by atoms with Crippen molar-refractivity contribution < 1.29 is 17.9 Å². The van der Waals surface area contributed by atoms with Gasteiger partial charge in [-0.3, -0.25) is 4.72 Å². The van der Waals surface area contributed by atoms with Crippen molar-refractivity contribution in [2.75, 3.05) is 25.0 Å². The number of nitrogens with one attached hydrogen (secondary N) is 1. The van der Waals surface area contributed by atoms with E-state index >= 15 is 0 Å². The minimum atomic E-state index is -3.65. The standard InChI is InChI=1S/C16H16N2O4S2/c1-21-8-9-22-14-3-5-15(6-4-14)24(19,20)18-13-2-7-16-12(10-13)11-17-23-16/h2-7,10-11,18H,8-9H2,1H3. The monoisotopic (exact) mass is 364 g/mol. The largest absolute Gasteiger partial charge is 0.491 e. The summed E-state index contributed by atoms with van der Waals surface area (Å²) in [6.45, 7) is 0.886. The zero-order valence-corrected chi connectivity index (χ0v) is 14.6. The summed E-state index contributed by atoms with van der Waals surface area (Å²) in [4.78, 5) is 0.171. The van der Waals surface area contributed by atoms with E-state index in [0.717, 1.165) is 10.1 Å². The average Bonchev–Trinajstić information content (AvgIpc) is 3.03. The third kappa shape index (κ3) is 3.84. The van der Waals surface area contributed by atoms with Crippen molar-refractivity contribution in [1.29, 1.82) is 0 Å². The van der Waals surface area contributed by atoms with E-state index in [1.54, 1.807) is 37.6 Å². The molecule has 1 heterocycles. The first-order valence-electron chi connectivity index (χ1n) is 7.17. The fourth-order valence-electron chi connectivity index (χ4n) is 2.11. The second kappa shape index (κ2) is 7.16. The van der Waals surface area contributed by atoms with E-state index in [0.29, 0.717) is 24.7 Å². The number of fused-ring (bicyclic) bond motifs is 1. The van der Waals surface area contributed by atoms with E-state index in [-0.39, 0.29) is 4.90 Å². The Hall–Kier alpha value is -2.16. The maximum Gasteiger partial charge on any atom is 0.261 e. The third-order valence-electron chi connectivity index (χ3n) is 3.30. The van der Waals surface area contributed by atoms with E-state index in [1.807, 2.05) is 6.07 Å². The molecule has 0 aliphatic heterocycles. The summed E-state index contributed by atoms with van der Waals surface area (Å²) in [6, 6.07) is 11.6. The van der Waals surface area contributed by atoms with Gasteiger partial charge in [-0.15, -0.1) is 0 Å². The number of rotatable bonds is 7. The van der Waals surface area contributed by atoms with Crippen LogP contribution in [0.4, 0.5) is 5.69 Å². The Morgan fingerprint density at radius 2 is 1.92 bits per heavy atom. The fraction of sp³-hybridized carbons (Fsp3) is 0.188. The van der Waals surface area contributed by atoms with Crippen molar-refractivity contribution >= 4 is 37.3 Å². The average molecular weight is 364 g/mol. The molecule has 0 bridgehead atoms. The molecular formula is C16H16N2O4S2. The molecule has 2 aromatic carbocycles. The van der Waals surface area contributed by atoms with Crippen LogP contribution in [0.1, 0.15) is 0 Å². The van der Waals surface area contributed by atoms with Crippen LogP contribution in [0, 0.1) is 0 Å². The number of nitrogens with zero attached hydrogens (tertiary/aromatic N) is 1. The lowest BCUT2D eigenvalue weighted by molar-refractivity contribution is 0.146. The van der Waals surface area contributed by atoms with Gasteiger partial charge in [-0.25, -0.2) is 8.42 Å². The van der Waals surface area contributed by atoms with E-state index in [4.69, 9.17) is 9.47 Å². The van der Waals surface area contributed by atoms with Crippen LogP contribution in [0.5, 0.6) is 5.75 Å². The summed E-state index contributed by atoms with van der Waals surface area (Å²) >= 11 is 1.37. The number of hydrogen-bond donors (Lipinski definition) is 1. The molecule has 0 saturated heterocycles. The lowest BCUT2D eigenvalue weighted by Crippen LogP contribution is -2.13. The van der Waals surface area contributed by atoms with E-state index in [1.165, 1.54) is 23.7 Å². The van der Waals surface area contributed by atoms with Crippen LogP contribution < -0.4 is 9.46 Å². The highest BCUT2D eigenvalue weighted by atomic mass is 32.2. The molecule has 0 aliphatic rings. The van der Waals surface area contributed by atoms with Gasteiger partial charge >= 0.3 is 0 Å². The molecule has 0 radical (unpaired) electrons. The number of benzene rings is 2. The van der Waals surface area contributed by atoms with E-state index in [2.05, 4.69) is 9.10 Å². The molecule has 24 heavy (non-hydrogen) atoms. The SMILES string of the molecule is COCCOc1ccc(S(=O)(=O)Nc2ccc3sncc3c2)cc1. The number of ether oxygens (including phenoxy) is 2. The molecule has 0 unspecified atom stereocenters. The summed E-state index contributed by atoms with van der Waals surface area (Å²) in [7, 11) is -2.06. The van der Waals surface area contributed by atoms with Gasteiger partial charge in [-0.1, -0.05) is 0 Å². The molecule has 0 fully saturated rings. The summed E-state index contributed by atoms with van der Waals surface area (Å²) in [6.07, 6.45) is 1.71. The quantitative estimate of drug-likeness (QED) is 0.652. The Bertz CT molecular complexity index is 921. The molecule has 0 amide bonds. The predicted molar refractivity (Wildman–Crippen MR) is 94.2 cm³/mol. The first kappa shape index (κ1) is 16.7. The highest BCUT2D eigenvalue weighted by Gasteiger charge is 2.14. The zero-order chi connectivity index (χ0) is 17.0. The highest BCUT2D eigenvalue weighted by molar-refractivity contribution is 7.92. The number of hydrogen-bond acceptors (Lipinski definition) is 6. The minimum absolute atomic E-state index is 0.171. The van der Waals surface area contributed by atoms with E-state index in [9.17, 15) is 8.42 Å². The normalized spacial score (nSPS) is 11.5. The van der Waals surface area contributed by atoms with Crippen LogP contribution in [0.2, 0.25) is 0 Å². The third-order valence-corrected chi connectivity index (χ3v) is 5.47. The second-order valence-corrected chi connectivity index (χ2v) is 7.51. The van der Waals surface area contributed by atoms with Gasteiger partial charge < -0.3 is 9.47 Å².